The predicted octanol–water partition coefficient (Wildman–Crippen LogP) is 4.68. The molecule has 30 heavy (non-hydrogen) atoms. The van der Waals surface area contributed by atoms with E-state index in [-0.39, 0.29) is 11.9 Å². The molecule has 2 aromatic carbocycles. The highest BCUT2D eigenvalue weighted by Gasteiger charge is 2.29. The van der Waals surface area contributed by atoms with Gasteiger partial charge >= 0.3 is 6.03 Å². The van der Waals surface area contributed by atoms with E-state index in [2.05, 4.69) is 15.5 Å². The number of carbonyl (C=O) groups is 2. The Morgan fingerprint density at radius 2 is 1.70 bits per heavy atom. The van der Waals surface area contributed by atoms with Gasteiger partial charge < -0.3 is 15.5 Å². The molecule has 3 amide bonds. The largest absolute Gasteiger partial charge is 0.323 e. The van der Waals surface area contributed by atoms with E-state index in [1.165, 1.54) is 12.8 Å². The van der Waals surface area contributed by atoms with Crippen LogP contribution in [-0.4, -0.2) is 54.0 Å². The Morgan fingerprint density at radius 3 is 2.47 bits per heavy atom. The van der Waals surface area contributed by atoms with E-state index in [0.29, 0.717) is 28.0 Å². The Hall–Kier alpha value is -2.57. The van der Waals surface area contributed by atoms with Gasteiger partial charge in [-0.05, 0) is 69.1 Å². The molecule has 1 atom stereocenters. The molecule has 0 unspecified atom stereocenters. The molecule has 4 rings (SSSR count). The summed E-state index contributed by atoms with van der Waals surface area (Å²) < 4.78 is 0. The molecule has 2 N–H and O–H groups in total. The molecule has 7 heteroatoms. The summed E-state index contributed by atoms with van der Waals surface area (Å²) in [5, 5.41) is 6.16. The quantitative estimate of drug-likeness (QED) is 0.745. The summed E-state index contributed by atoms with van der Waals surface area (Å²) in [6.45, 7) is 3.73. The standard InChI is InChI=1S/C23H27ClN4O2/c24-20-11-10-17(22(29)25-18-7-2-1-3-8-18)15-21(20)26-23(30)28-14-6-9-19(16-28)27-12-4-5-13-27/h1-3,7-8,10-11,15,19H,4-6,9,12-14,16H2,(H,25,29)(H,26,30)/t19-/m0/s1. The Balaban J connectivity index is 1.41. The fourth-order valence-corrected chi connectivity index (χ4v) is 4.39. The number of hydrogen-bond acceptors (Lipinski definition) is 3. The molecule has 0 aromatic heterocycles. The highest BCUT2D eigenvalue weighted by Crippen LogP contribution is 2.26. The molecule has 0 saturated carbocycles. The first-order valence-corrected chi connectivity index (χ1v) is 10.9. The number of likely N-dealkylation sites (tertiary alicyclic amines) is 2. The van der Waals surface area contributed by atoms with Gasteiger partial charge in [-0.25, -0.2) is 4.79 Å². The summed E-state index contributed by atoms with van der Waals surface area (Å²) >= 11 is 6.30. The second kappa shape index (κ2) is 9.49. The van der Waals surface area contributed by atoms with Crippen molar-refractivity contribution in [2.24, 2.45) is 0 Å². The number of carbonyl (C=O) groups excluding carboxylic acids is 2. The van der Waals surface area contributed by atoms with Gasteiger partial charge in [0.25, 0.3) is 5.91 Å². The van der Waals surface area contributed by atoms with Gasteiger partial charge in [0.2, 0.25) is 0 Å². The summed E-state index contributed by atoms with van der Waals surface area (Å²) in [5.41, 5.74) is 1.60. The summed E-state index contributed by atoms with van der Waals surface area (Å²) in [6.07, 6.45) is 4.63. The Labute approximate surface area is 182 Å². The smallest absolute Gasteiger partial charge is 0.321 e. The van der Waals surface area contributed by atoms with E-state index in [1.807, 2.05) is 35.2 Å². The summed E-state index contributed by atoms with van der Waals surface area (Å²) in [5.74, 6) is -0.250. The molecule has 0 aliphatic carbocycles. The number of para-hydroxylation sites is 1. The van der Waals surface area contributed by atoms with E-state index in [0.717, 1.165) is 39.0 Å². The highest BCUT2D eigenvalue weighted by atomic mass is 35.5. The molecule has 0 bridgehead atoms. The Morgan fingerprint density at radius 1 is 0.933 bits per heavy atom. The first-order valence-electron chi connectivity index (χ1n) is 10.6. The van der Waals surface area contributed by atoms with Crippen molar-refractivity contribution in [1.29, 1.82) is 0 Å². The maximum absolute atomic E-state index is 12.9. The number of benzene rings is 2. The van der Waals surface area contributed by atoms with Crippen molar-refractivity contribution >= 4 is 34.9 Å². The lowest BCUT2D eigenvalue weighted by Crippen LogP contribution is -2.50. The van der Waals surface area contributed by atoms with Gasteiger partial charge in [-0.15, -0.1) is 0 Å². The zero-order valence-electron chi connectivity index (χ0n) is 16.9. The molecule has 2 aliphatic rings. The maximum atomic E-state index is 12.9. The second-order valence-electron chi connectivity index (χ2n) is 7.93. The van der Waals surface area contributed by atoms with Crippen molar-refractivity contribution in [3.05, 3.63) is 59.1 Å². The van der Waals surface area contributed by atoms with Crippen molar-refractivity contribution in [3.63, 3.8) is 0 Å². The lowest BCUT2D eigenvalue weighted by atomic mass is 10.0. The lowest BCUT2D eigenvalue weighted by Gasteiger charge is -2.37. The van der Waals surface area contributed by atoms with Crippen molar-refractivity contribution in [3.8, 4) is 0 Å². The summed E-state index contributed by atoms with van der Waals surface area (Å²) in [4.78, 5) is 29.8. The van der Waals surface area contributed by atoms with E-state index < -0.39 is 0 Å². The van der Waals surface area contributed by atoms with Crippen LogP contribution in [-0.2, 0) is 0 Å². The third-order valence-electron chi connectivity index (χ3n) is 5.84. The first kappa shape index (κ1) is 20.7. The number of rotatable bonds is 4. The topological polar surface area (TPSA) is 64.7 Å². The van der Waals surface area contributed by atoms with Crippen LogP contribution in [0.3, 0.4) is 0 Å². The lowest BCUT2D eigenvalue weighted by molar-refractivity contribution is 0.102. The van der Waals surface area contributed by atoms with Gasteiger partial charge in [-0.1, -0.05) is 29.8 Å². The number of nitrogens with one attached hydrogen (secondary N) is 2. The molecule has 6 nitrogen and oxygen atoms in total. The van der Waals surface area contributed by atoms with Crippen LogP contribution >= 0.6 is 11.6 Å². The summed E-state index contributed by atoms with van der Waals surface area (Å²) in [6, 6.07) is 14.4. The molecule has 2 saturated heterocycles. The molecule has 0 spiro atoms. The molecular formula is C23H27ClN4O2. The average Bonchev–Trinajstić information content (AvgIpc) is 3.31. The minimum atomic E-state index is -0.250. The van der Waals surface area contributed by atoms with E-state index in [1.54, 1.807) is 18.2 Å². The Kier molecular flexibility index (Phi) is 6.55. The summed E-state index contributed by atoms with van der Waals surface area (Å²) in [7, 11) is 0. The van der Waals surface area contributed by atoms with Crippen LogP contribution in [0.15, 0.2) is 48.5 Å². The maximum Gasteiger partial charge on any atom is 0.321 e. The van der Waals surface area contributed by atoms with Crippen molar-refractivity contribution < 1.29 is 9.59 Å². The minimum Gasteiger partial charge on any atom is -0.323 e. The van der Waals surface area contributed by atoms with Crippen molar-refractivity contribution in [1.82, 2.24) is 9.80 Å². The second-order valence-corrected chi connectivity index (χ2v) is 8.34. The zero-order valence-corrected chi connectivity index (χ0v) is 17.7. The van der Waals surface area contributed by atoms with Crippen LogP contribution in [0.25, 0.3) is 0 Å². The van der Waals surface area contributed by atoms with Gasteiger partial charge in [0.05, 0.1) is 10.7 Å². The van der Waals surface area contributed by atoms with E-state index in [4.69, 9.17) is 11.6 Å². The van der Waals surface area contributed by atoms with Crippen LogP contribution < -0.4 is 10.6 Å². The van der Waals surface area contributed by atoms with Crippen LogP contribution in [0, 0.1) is 0 Å². The van der Waals surface area contributed by atoms with E-state index >= 15 is 0 Å². The predicted molar refractivity (Wildman–Crippen MR) is 120 cm³/mol. The Bertz CT molecular complexity index is 899. The molecule has 158 valence electrons. The molecular weight excluding hydrogens is 400 g/mol. The molecule has 2 fully saturated rings. The van der Waals surface area contributed by atoms with Crippen LogP contribution in [0.1, 0.15) is 36.0 Å². The third-order valence-corrected chi connectivity index (χ3v) is 6.17. The average molecular weight is 427 g/mol. The minimum absolute atomic E-state index is 0.165. The zero-order chi connectivity index (χ0) is 20.9. The van der Waals surface area contributed by atoms with E-state index in [9.17, 15) is 9.59 Å². The highest BCUT2D eigenvalue weighted by molar-refractivity contribution is 6.34. The number of halogens is 1. The first-order chi connectivity index (χ1) is 14.6. The SMILES string of the molecule is O=C(Nc1ccccc1)c1ccc(Cl)c(NC(=O)N2CCC[C@H](N3CCCC3)C2)c1. The molecule has 0 radical (unpaired) electrons. The fraction of sp³-hybridized carbons (Fsp3) is 0.391. The molecule has 2 aliphatic heterocycles. The van der Waals surface area contributed by atoms with Crippen LogP contribution in [0.5, 0.6) is 0 Å². The number of amides is 3. The van der Waals surface area contributed by atoms with Gasteiger partial charge in [0.1, 0.15) is 0 Å². The normalized spacial score (nSPS) is 19.5. The van der Waals surface area contributed by atoms with Gasteiger partial charge in [-0.3, -0.25) is 9.69 Å². The molecule has 2 heterocycles. The molecule has 2 aromatic rings. The van der Waals surface area contributed by atoms with Crippen LogP contribution in [0.4, 0.5) is 16.2 Å². The fourth-order valence-electron chi connectivity index (χ4n) is 4.23. The van der Waals surface area contributed by atoms with Gasteiger partial charge in [0, 0.05) is 30.4 Å². The van der Waals surface area contributed by atoms with Crippen molar-refractivity contribution in [2.75, 3.05) is 36.8 Å². The number of nitrogens with zero attached hydrogens (tertiary/aromatic N) is 2. The van der Waals surface area contributed by atoms with Crippen molar-refractivity contribution in [2.45, 2.75) is 31.7 Å². The number of piperidine rings is 1. The monoisotopic (exact) mass is 426 g/mol. The van der Waals surface area contributed by atoms with Gasteiger partial charge in [0.15, 0.2) is 0 Å². The number of urea groups is 1. The third kappa shape index (κ3) is 4.94. The van der Waals surface area contributed by atoms with Gasteiger partial charge in [-0.2, -0.15) is 0 Å². The number of hydrogen-bond donors (Lipinski definition) is 2. The number of anilines is 2. The van der Waals surface area contributed by atoms with Crippen LogP contribution in [0.2, 0.25) is 5.02 Å².